The molecule has 3 rings (SSSR count). The summed E-state index contributed by atoms with van der Waals surface area (Å²) >= 11 is 0. The second-order valence-electron chi connectivity index (χ2n) is 5.40. The zero-order valence-electron chi connectivity index (χ0n) is 11.2. The summed E-state index contributed by atoms with van der Waals surface area (Å²) in [5.41, 5.74) is 0.227. The van der Waals surface area contributed by atoms with Crippen LogP contribution in [0.25, 0.3) is 0 Å². The van der Waals surface area contributed by atoms with Crippen molar-refractivity contribution in [3.8, 4) is 0 Å². The smallest absolute Gasteiger partial charge is 0.192 e. The number of fused-ring (bicyclic) bond motifs is 2. The van der Waals surface area contributed by atoms with Crippen molar-refractivity contribution in [2.45, 2.75) is 38.4 Å². The molecule has 102 valence electrons. The van der Waals surface area contributed by atoms with E-state index in [-0.39, 0.29) is 30.7 Å². The molecular weight excluding hydrogens is 244 g/mol. The van der Waals surface area contributed by atoms with Crippen LogP contribution in [-0.2, 0) is 25.6 Å². The SMILES string of the molecule is C[C@H]1[C@H]2OCC(=O)C(C)(O2)[C@@H]1OCc1ccccc1. The average Bonchev–Trinajstić information content (AvgIpc) is 2.63. The van der Waals surface area contributed by atoms with E-state index in [0.29, 0.717) is 6.61 Å². The quantitative estimate of drug-likeness (QED) is 0.835. The van der Waals surface area contributed by atoms with Crippen LogP contribution in [0, 0.1) is 5.92 Å². The Kier molecular flexibility index (Phi) is 3.17. The first kappa shape index (κ1) is 12.8. The van der Waals surface area contributed by atoms with Crippen LogP contribution >= 0.6 is 0 Å². The summed E-state index contributed by atoms with van der Waals surface area (Å²) in [5, 5.41) is 0. The number of benzene rings is 1. The third-order valence-electron chi connectivity index (χ3n) is 4.02. The number of carbonyl (C=O) groups excluding carboxylic acids is 1. The van der Waals surface area contributed by atoms with E-state index < -0.39 is 5.60 Å². The number of ketones is 1. The molecule has 0 N–H and O–H groups in total. The van der Waals surface area contributed by atoms with Gasteiger partial charge in [-0.1, -0.05) is 37.3 Å². The average molecular weight is 262 g/mol. The molecule has 0 radical (unpaired) electrons. The molecular formula is C15H18O4. The Labute approximate surface area is 112 Å². The standard InChI is InChI=1S/C15H18O4/c1-10-13(17-8-11-6-4-3-5-7-11)15(2)12(16)9-18-14(10)19-15/h3-7,10,13-14H,8-9H2,1-2H3/t10-,13-,14+,15?/m1/s1. The van der Waals surface area contributed by atoms with E-state index in [1.54, 1.807) is 0 Å². The highest BCUT2D eigenvalue weighted by molar-refractivity contribution is 5.89. The van der Waals surface area contributed by atoms with Gasteiger partial charge in [-0.2, -0.15) is 0 Å². The Hall–Kier alpha value is -1.23. The molecule has 0 aliphatic carbocycles. The van der Waals surface area contributed by atoms with Gasteiger partial charge in [-0.05, 0) is 12.5 Å². The highest BCUT2D eigenvalue weighted by Gasteiger charge is 2.58. The van der Waals surface area contributed by atoms with E-state index in [0.717, 1.165) is 5.56 Å². The zero-order chi connectivity index (χ0) is 13.5. The fourth-order valence-electron chi connectivity index (χ4n) is 2.84. The second kappa shape index (κ2) is 4.71. The second-order valence-corrected chi connectivity index (χ2v) is 5.40. The number of carbonyl (C=O) groups is 1. The molecule has 0 saturated carbocycles. The highest BCUT2D eigenvalue weighted by Crippen LogP contribution is 2.41. The molecule has 4 atom stereocenters. The van der Waals surface area contributed by atoms with Crippen LogP contribution in [0.5, 0.6) is 0 Å². The molecule has 2 saturated heterocycles. The summed E-state index contributed by atoms with van der Waals surface area (Å²) in [6.45, 7) is 4.42. The van der Waals surface area contributed by atoms with Gasteiger partial charge in [0.2, 0.25) is 0 Å². The molecule has 4 heteroatoms. The van der Waals surface area contributed by atoms with Crippen LogP contribution in [0.3, 0.4) is 0 Å². The van der Waals surface area contributed by atoms with Crippen molar-refractivity contribution in [1.82, 2.24) is 0 Å². The summed E-state index contributed by atoms with van der Waals surface area (Å²) in [7, 11) is 0. The van der Waals surface area contributed by atoms with Crippen molar-refractivity contribution >= 4 is 5.78 Å². The molecule has 2 aliphatic heterocycles. The molecule has 1 aromatic rings. The minimum Gasteiger partial charge on any atom is -0.370 e. The van der Waals surface area contributed by atoms with Gasteiger partial charge in [-0.15, -0.1) is 0 Å². The number of Topliss-reactive ketones (excluding diaryl/α,β-unsaturated/α-hetero) is 1. The van der Waals surface area contributed by atoms with Crippen molar-refractivity contribution in [1.29, 1.82) is 0 Å². The fraction of sp³-hybridized carbons (Fsp3) is 0.533. The molecule has 1 unspecified atom stereocenters. The zero-order valence-corrected chi connectivity index (χ0v) is 11.2. The first-order valence-corrected chi connectivity index (χ1v) is 6.59. The van der Waals surface area contributed by atoms with Crippen LogP contribution in [0.1, 0.15) is 19.4 Å². The van der Waals surface area contributed by atoms with Gasteiger partial charge in [0.05, 0.1) is 6.61 Å². The lowest BCUT2D eigenvalue weighted by Crippen LogP contribution is -2.50. The maximum atomic E-state index is 12.0. The Morgan fingerprint density at radius 1 is 1.37 bits per heavy atom. The number of rotatable bonds is 3. The molecule has 2 aliphatic rings. The number of hydrogen-bond acceptors (Lipinski definition) is 4. The Bertz CT molecular complexity index is 472. The highest BCUT2D eigenvalue weighted by atomic mass is 16.7. The largest absolute Gasteiger partial charge is 0.370 e. The first-order chi connectivity index (χ1) is 9.11. The van der Waals surface area contributed by atoms with Crippen LogP contribution in [0.4, 0.5) is 0 Å². The van der Waals surface area contributed by atoms with Gasteiger partial charge in [-0.3, -0.25) is 4.79 Å². The van der Waals surface area contributed by atoms with Gasteiger partial charge in [0.25, 0.3) is 0 Å². The minimum atomic E-state index is -0.864. The Balaban J connectivity index is 1.74. The summed E-state index contributed by atoms with van der Waals surface area (Å²) in [6.07, 6.45) is -0.587. The first-order valence-electron chi connectivity index (χ1n) is 6.59. The summed E-state index contributed by atoms with van der Waals surface area (Å²) in [5.74, 6) is 0.0197. The lowest BCUT2D eigenvalue weighted by molar-refractivity contribution is -0.216. The molecule has 2 bridgehead atoms. The third-order valence-corrected chi connectivity index (χ3v) is 4.02. The van der Waals surface area contributed by atoms with Gasteiger partial charge in [0, 0.05) is 5.92 Å². The topological polar surface area (TPSA) is 44.8 Å². The molecule has 0 amide bonds. The minimum absolute atomic E-state index is 0.0360. The maximum Gasteiger partial charge on any atom is 0.192 e. The van der Waals surface area contributed by atoms with E-state index in [1.165, 1.54) is 0 Å². The van der Waals surface area contributed by atoms with Gasteiger partial charge in [-0.25, -0.2) is 0 Å². The van der Waals surface area contributed by atoms with E-state index in [4.69, 9.17) is 14.2 Å². The predicted octanol–water partition coefficient (Wildman–Crippen LogP) is 1.92. The van der Waals surface area contributed by atoms with Gasteiger partial charge < -0.3 is 14.2 Å². The molecule has 1 aromatic carbocycles. The van der Waals surface area contributed by atoms with Crippen molar-refractivity contribution < 1.29 is 19.0 Å². The molecule has 4 nitrogen and oxygen atoms in total. The fourth-order valence-corrected chi connectivity index (χ4v) is 2.84. The van der Waals surface area contributed by atoms with Gasteiger partial charge in [0.1, 0.15) is 12.7 Å². The van der Waals surface area contributed by atoms with Crippen molar-refractivity contribution in [2.75, 3.05) is 6.61 Å². The normalized spacial score (nSPS) is 37.6. The lowest BCUT2D eigenvalue weighted by atomic mass is 9.90. The van der Waals surface area contributed by atoms with Crippen LogP contribution in [0.15, 0.2) is 30.3 Å². The predicted molar refractivity (Wildman–Crippen MR) is 68.4 cm³/mol. The van der Waals surface area contributed by atoms with E-state index >= 15 is 0 Å². The van der Waals surface area contributed by atoms with Crippen LogP contribution in [0.2, 0.25) is 0 Å². The molecule has 0 spiro atoms. The van der Waals surface area contributed by atoms with Gasteiger partial charge in [0.15, 0.2) is 17.7 Å². The summed E-state index contributed by atoms with van der Waals surface area (Å²) in [4.78, 5) is 12.0. The van der Waals surface area contributed by atoms with Crippen molar-refractivity contribution in [3.63, 3.8) is 0 Å². The Morgan fingerprint density at radius 3 is 2.84 bits per heavy atom. The van der Waals surface area contributed by atoms with E-state index in [9.17, 15) is 4.79 Å². The lowest BCUT2D eigenvalue weighted by Gasteiger charge is -2.31. The number of ether oxygens (including phenoxy) is 3. The molecule has 2 fully saturated rings. The van der Waals surface area contributed by atoms with Crippen LogP contribution < -0.4 is 0 Å². The molecule has 0 aromatic heterocycles. The summed E-state index contributed by atoms with van der Waals surface area (Å²) < 4.78 is 17.1. The van der Waals surface area contributed by atoms with Crippen molar-refractivity contribution in [3.05, 3.63) is 35.9 Å². The third kappa shape index (κ3) is 2.10. The Morgan fingerprint density at radius 2 is 2.11 bits per heavy atom. The summed E-state index contributed by atoms with van der Waals surface area (Å²) in [6, 6.07) is 9.93. The molecule has 19 heavy (non-hydrogen) atoms. The maximum absolute atomic E-state index is 12.0. The van der Waals surface area contributed by atoms with E-state index in [2.05, 4.69) is 0 Å². The van der Waals surface area contributed by atoms with Crippen molar-refractivity contribution in [2.24, 2.45) is 5.92 Å². The monoisotopic (exact) mass is 262 g/mol. The molecule has 2 heterocycles. The van der Waals surface area contributed by atoms with E-state index in [1.807, 2.05) is 44.2 Å². The number of hydrogen-bond donors (Lipinski definition) is 0. The van der Waals surface area contributed by atoms with Gasteiger partial charge >= 0.3 is 0 Å². The van der Waals surface area contributed by atoms with Crippen LogP contribution in [-0.4, -0.2) is 30.4 Å².